The second kappa shape index (κ2) is 12.3. The first-order valence-corrected chi connectivity index (χ1v) is 13.2. The average Bonchev–Trinajstić information content (AvgIpc) is 2.90. The molecule has 2 atom stereocenters. The van der Waals surface area contributed by atoms with Crippen molar-refractivity contribution >= 4 is 45.9 Å². The number of rotatable bonds is 10. The lowest BCUT2D eigenvalue weighted by atomic mass is 9.74. The molecule has 0 saturated heterocycles. The van der Waals surface area contributed by atoms with Gasteiger partial charge in [-0.3, -0.25) is 9.59 Å². The molecule has 6 heteroatoms. The minimum atomic E-state index is -0.943. The SMILES string of the molecule is CCCC(c1ccc(C(=O)NCCC(=O)O)cc1)C(c1ccc(Cl)cc1)c1cccc2c(Cl)cccc12. The topological polar surface area (TPSA) is 66.4 Å². The zero-order chi connectivity index (χ0) is 26.4. The molecule has 2 N–H and O–H groups in total. The molecule has 0 radical (unpaired) electrons. The Morgan fingerprint density at radius 3 is 2.16 bits per heavy atom. The minimum absolute atomic E-state index is 0.0367. The summed E-state index contributed by atoms with van der Waals surface area (Å²) in [6.45, 7) is 2.27. The lowest BCUT2D eigenvalue weighted by Crippen LogP contribution is -2.26. The number of hydrogen-bond donors (Lipinski definition) is 2. The van der Waals surface area contributed by atoms with Gasteiger partial charge in [-0.15, -0.1) is 0 Å². The Morgan fingerprint density at radius 1 is 0.838 bits per heavy atom. The van der Waals surface area contributed by atoms with Crippen molar-refractivity contribution < 1.29 is 14.7 Å². The Labute approximate surface area is 227 Å². The highest BCUT2D eigenvalue weighted by molar-refractivity contribution is 6.35. The Bertz CT molecular complexity index is 1380. The molecule has 190 valence electrons. The van der Waals surface area contributed by atoms with E-state index in [9.17, 15) is 9.59 Å². The molecular formula is C31H29Cl2NO3. The summed E-state index contributed by atoms with van der Waals surface area (Å²) in [4.78, 5) is 23.2. The van der Waals surface area contributed by atoms with Crippen molar-refractivity contribution in [3.63, 3.8) is 0 Å². The smallest absolute Gasteiger partial charge is 0.305 e. The molecule has 0 bridgehead atoms. The quantitative estimate of drug-likeness (QED) is 0.216. The molecule has 4 rings (SSSR count). The fourth-order valence-corrected chi connectivity index (χ4v) is 5.33. The van der Waals surface area contributed by atoms with E-state index >= 15 is 0 Å². The molecule has 0 aromatic heterocycles. The lowest BCUT2D eigenvalue weighted by molar-refractivity contribution is -0.136. The van der Waals surface area contributed by atoms with Crippen molar-refractivity contribution in [2.75, 3.05) is 6.54 Å². The molecule has 4 aromatic carbocycles. The van der Waals surface area contributed by atoms with Crippen LogP contribution in [-0.2, 0) is 4.79 Å². The molecular weight excluding hydrogens is 505 g/mol. The first-order chi connectivity index (χ1) is 17.9. The number of carboxylic acid groups (broad SMARTS) is 1. The van der Waals surface area contributed by atoms with Crippen LogP contribution < -0.4 is 5.32 Å². The highest BCUT2D eigenvalue weighted by atomic mass is 35.5. The zero-order valence-electron chi connectivity index (χ0n) is 20.6. The second-order valence-electron chi connectivity index (χ2n) is 9.13. The van der Waals surface area contributed by atoms with Gasteiger partial charge in [0.1, 0.15) is 0 Å². The van der Waals surface area contributed by atoms with E-state index in [1.165, 1.54) is 5.56 Å². The van der Waals surface area contributed by atoms with E-state index in [0.29, 0.717) is 10.6 Å². The zero-order valence-corrected chi connectivity index (χ0v) is 22.1. The number of carbonyl (C=O) groups is 2. The van der Waals surface area contributed by atoms with Crippen LogP contribution in [0.2, 0.25) is 10.0 Å². The van der Waals surface area contributed by atoms with E-state index in [1.54, 1.807) is 0 Å². The summed E-state index contributed by atoms with van der Waals surface area (Å²) in [5.41, 5.74) is 3.98. The Hall–Kier alpha value is -3.34. The van der Waals surface area contributed by atoms with Crippen molar-refractivity contribution in [2.45, 2.75) is 38.0 Å². The third kappa shape index (κ3) is 6.33. The number of fused-ring (bicyclic) bond motifs is 1. The maximum atomic E-state index is 12.5. The Morgan fingerprint density at radius 2 is 1.49 bits per heavy atom. The van der Waals surface area contributed by atoms with E-state index < -0.39 is 5.97 Å². The van der Waals surface area contributed by atoms with E-state index in [4.69, 9.17) is 28.3 Å². The summed E-state index contributed by atoms with van der Waals surface area (Å²) in [6.07, 6.45) is 1.81. The van der Waals surface area contributed by atoms with Crippen LogP contribution >= 0.6 is 23.2 Å². The minimum Gasteiger partial charge on any atom is -0.481 e. The Kier molecular flexibility index (Phi) is 8.86. The molecule has 0 aliphatic rings. The monoisotopic (exact) mass is 533 g/mol. The predicted octanol–water partition coefficient (Wildman–Crippen LogP) is 8.07. The number of carbonyl (C=O) groups excluding carboxylic acids is 1. The molecule has 2 unspecified atom stereocenters. The first-order valence-electron chi connectivity index (χ1n) is 12.4. The first kappa shape index (κ1) is 26.7. The van der Waals surface area contributed by atoms with Gasteiger partial charge in [0.15, 0.2) is 0 Å². The van der Waals surface area contributed by atoms with Crippen LogP contribution in [0.3, 0.4) is 0 Å². The summed E-state index contributed by atoms with van der Waals surface area (Å²) < 4.78 is 0. The summed E-state index contributed by atoms with van der Waals surface area (Å²) in [7, 11) is 0. The van der Waals surface area contributed by atoms with Crippen molar-refractivity contribution in [3.8, 4) is 0 Å². The van der Waals surface area contributed by atoms with Gasteiger partial charge in [-0.25, -0.2) is 0 Å². The van der Waals surface area contributed by atoms with E-state index in [1.807, 2.05) is 54.6 Å². The molecule has 0 spiro atoms. The highest BCUT2D eigenvalue weighted by Crippen LogP contribution is 2.44. The van der Waals surface area contributed by atoms with Crippen molar-refractivity contribution in [1.82, 2.24) is 5.32 Å². The fraction of sp³-hybridized carbons (Fsp3) is 0.226. The summed E-state index contributed by atoms with van der Waals surface area (Å²) in [5.74, 6) is -1.05. The van der Waals surface area contributed by atoms with Crippen LogP contribution in [0.5, 0.6) is 0 Å². The van der Waals surface area contributed by atoms with E-state index in [2.05, 4.69) is 42.6 Å². The number of halogens is 2. The van der Waals surface area contributed by atoms with Gasteiger partial charge in [-0.05, 0) is 64.7 Å². The number of benzene rings is 4. The molecule has 0 aliphatic heterocycles. The van der Waals surface area contributed by atoms with Gasteiger partial charge in [-0.1, -0.05) is 91.1 Å². The van der Waals surface area contributed by atoms with Gasteiger partial charge < -0.3 is 10.4 Å². The molecule has 1 amide bonds. The van der Waals surface area contributed by atoms with Crippen molar-refractivity contribution in [2.24, 2.45) is 0 Å². The summed E-state index contributed by atoms with van der Waals surface area (Å²) in [6, 6.07) is 28.0. The Balaban J connectivity index is 1.76. The number of nitrogens with one attached hydrogen (secondary N) is 1. The van der Waals surface area contributed by atoms with E-state index in [-0.39, 0.29) is 30.7 Å². The molecule has 37 heavy (non-hydrogen) atoms. The van der Waals surface area contributed by atoms with Crippen molar-refractivity contribution in [1.29, 1.82) is 0 Å². The van der Waals surface area contributed by atoms with Gasteiger partial charge in [0.05, 0.1) is 6.42 Å². The standard InChI is InChI=1S/C31H29Cl2NO3/c1-2-5-24(20-10-12-22(13-11-20)31(37)34-19-18-29(35)36)30(21-14-16-23(32)17-15-21)27-8-3-7-26-25(27)6-4-9-28(26)33/h3-4,6-17,24,30H,2,5,18-19H2,1H3,(H,34,37)(H,35,36). The number of aliphatic carboxylic acids is 1. The number of amides is 1. The van der Waals surface area contributed by atoms with Gasteiger partial charge in [-0.2, -0.15) is 0 Å². The van der Waals surface area contributed by atoms with Crippen molar-refractivity contribution in [3.05, 3.63) is 117 Å². The largest absolute Gasteiger partial charge is 0.481 e. The maximum absolute atomic E-state index is 12.5. The van der Waals surface area contributed by atoms with Crippen LogP contribution in [0.4, 0.5) is 0 Å². The lowest BCUT2D eigenvalue weighted by Gasteiger charge is -2.30. The van der Waals surface area contributed by atoms with Crippen LogP contribution in [-0.4, -0.2) is 23.5 Å². The third-order valence-electron chi connectivity index (χ3n) is 6.69. The van der Waals surface area contributed by atoms with Crippen LogP contribution in [0, 0.1) is 0 Å². The van der Waals surface area contributed by atoms with Crippen LogP contribution in [0.1, 0.15) is 65.1 Å². The van der Waals surface area contributed by atoms with E-state index in [0.717, 1.165) is 39.8 Å². The average molecular weight is 534 g/mol. The molecule has 4 aromatic rings. The van der Waals surface area contributed by atoms with Crippen LogP contribution in [0.25, 0.3) is 10.8 Å². The predicted molar refractivity (Wildman–Crippen MR) is 151 cm³/mol. The normalized spacial score (nSPS) is 12.7. The van der Waals surface area contributed by atoms with Gasteiger partial charge in [0.2, 0.25) is 0 Å². The van der Waals surface area contributed by atoms with Gasteiger partial charge in [0, 0.05) is 33.5 Å². The number of carboxylic acids is 1. The molecule has 0 fully saturated rings. The molecule has 0 heterocycles. The summed E-state index contributed by atoms with van der Waals surface area (Å²) >= 11 is 12.8. The maximum Gasteiger partial charge on any atom is 0.305 e. The second-order valence-corrected chi connectivity index (χ2v) is 9.97. The highest BCUT2D eigenvalue weighted by Gasteiger charge is 2.28. The van der Waals surface area contributed by atoms with Gasteiger partial charge in [0.25, 0.3) is 5.91 Å². The summed E-state index contributed by atoms with van der Waals surface area (Å²) in [5, 5.41) is 15.0. The fourth-order valence-electron chi connectivity index (χ4n) is 4.97. The van der Waals surface area contributed by atoms with Gasteiger partial charge >= 0.3 is 5.97 Å². The molecule has 0 saturated carbocycles. The molecule has 4 nitrogen and oxygen atoms in total. The third-order valence-corrected chi connectivity index (χ3v) is 7.28. The number of hydrogen-bond acceptors (Lipinski definition) is 2. The van der Waals surface area contributed by atoms with Crippen LogP contribution in [0.15, 0.2) is 84.9 Å². The molecule has 0 aliphatic carbocycles.